The molecule has 1 aliphatic rings. The Labute approximate surface area is 135 Å². The van der Waals surface area contributed by atoms with Gasteiger partial charge in [-0.2, -0.15) is 4.31 Å². The van der Waals surface area contributed by atoms with Crippen molar-refractivity contribution < 1.29 is 22.7 Å². The highest BCUT2D eigenvalue weighted by Gasteiger charge is 2.38. The van der Waals surface area contributed by atoms with E-state index >= 15 is 0 Å². The number of nitrogens with two attached hydrogens (primary N) is 1. The Morgan fingerprint density at radius 1 is 1.26 bits per heavy atom. The molecule has 2 rings (SSSR count). The lowest BCUT2D eigenvalue weighted by atomic mass is 10.1. The van der Waals surface area contributed by atoms with Gasteiger partial charge in [-0.15, -0.1) is 0 Å². The van der Waals surface area contributed by atoms with Crippen molar-refractivity contribution in [2.75, 3.05) is 13.2 Å². The van der Waals surface area contributed by atoms with Crippen LogP contribution in [0.25, 0.3) is 0 Å². The van der Waals surface area contributed by atoms with Crippen molar-refractivity contribution in [3.63, 3.8) is 0 Å². The highest BCUT2D eigenvalue weighted by Crippen LogP contribution is 2.26. The Balaban J connectivity index is 2.24. The molecule has 2 N–H and O–H groups in total. The van der Waals surface area contributed by atoms with E-state index < -0.39 is 34.5 Å². The molecule has 23 heavy (non-hydrogen) atoms. The Morgan fingerprint density at radius 3 is 2.52 bits per heavy atom. The van der Waals surface area contributed by atoms with Crippen molar-refractivity contribution in [1.82, 2.24) is 4.31 Å². The summed E-state index contributed by atoms with van der Waals surface area (Å²) in [6.07, 6.45) is 1.75. The molecule has 1 heterocycles. The van der Waals surface area contributed by atoms with Crippen LogP contribution in [0.3, 0.4) is 0 Å². The van der Waals surface area contributed by atoms with Crippen molar-refractivity contribution in [2.45, 2.75) is 37.1 Å². The Morgan fingerprint density at radius 2 is 1.91 bits per heavy atom. The number of hydrogen-bond donors (Lipinski definition) is 1. The first-order chi connectivity index (χ1) is 10.8. The van der Waals surface area contributed by atoms with Crippen LogP contribution in [0.1, 0.15) is 24.8 Å². The van der Waals surface area contributed by atoms with Crippen LogP contribution in [0.5, 0.6) is 0 Å². The Kier molecular flexibility index (Phi) is 5.38. The Hall–Kier alpha value is -1.93. The molecule has 1 amide bonds. The fourth-order valence-corrected chi connectivity index (χ4v) is 4.16. The number of ether oxygens (including phenoxy) is 1. The molecule has 0 saturated carbocycles. The number of benzene rings is 1. The third-order valence-corrected chi connectivity index (χ3v) is 5.63. The van der Waals surface area contributed by atoms with Crippen LogP contribution in [0.4, 0.5) is 0 Å². The molecule has 1 aromatic carbocycles. The number of esters is 1. The summed E-state index contributed by atoms with van der Waals surface area (Å²) >= 11 is 0. The van der Waals surface area contributed by atoms with E-state index in [-0.39, 0.29) is 11.4 Å². The normalized spacial score (nSPS) is 19.3. The van der Waals surface area contributed by atoms with E-state index in [1.54, 1.807) is 12.1 Å². The van der Waals surface area contributed by atoms with Crippen molar-refractivity contribution >= 4 is 21.9 Å². The first-order valence-corrected chi connectivity index (χ1v) is 8.80. The van der Waals surface area contributed by atoms with Crippen LogP contribution in [0, 0.1) is 6.92 Å². The first-order valence-electron chi connectivity index (χ1n) is 7.36. The van der Waals surface area contributed by atoms with Crippen LogP contribution in [0.15, 0.2) is 29.2 Å². The molecule has 0 unspecified atom stereocenters. The highest BCUT2D eigenvalue weighted by molar-refractivity contribution is 7.89. The smallest absolute Gasteiger partial charge is 0.324 e. The molecule has 0 radical (unpaired) electrons. The molecular weight excluding hydrogens is 320 g/mol. The summed E-state index contributed by atoms with van der Waals surface area (Å²) in [4.78, 5) is 23.0. The summed E-state index contributed by atoms with van der Waals surface area (Å²) in [5, 5.41) is 0. The number of nitrogens with zero attached hydrogens (tertiary/aromatic N) is 1. The molecule has 0 spiro atoms. The van der Waals surface area contributed by atoms with Crippen molar-refractivity contribution in [3.05, 3.63) is 29.8 Å². The van der Waals surface area contributed by atoms with E-state index in [0.717, 1.165) is 16.3 Å². The molecule has 0 aliphatic carbocycles. The number of primary amides is 1. The highest BCUT2D eigenvalue weighted by atomic mass is 32.2. The predicted molar refractivity (Wildman–Crippen MR) is 82.9 cm³/mol. The van der Waals surface area contributed by atoms with Gasteiger partial charge in [-0.1, -0.05) is 17.7 Å². The van der Waals surface area contributed by atoms with E-state index in [4.69, 9.17) is 10.5 Å². The molecule has 1 atom stereocenters. The summed E-state index contributed by atoms with van der Waals surface area (Å²) < 4.78 is 31.5. The van der Waals surface area contributed by atoms with Gasteiger partial charge in [0.2, 0.25) is 10.0 Å². The fourth-order valence-electron chi connectivity index (χ4n) is 2.51. The first kappa shape index (κ1) is 17.4. The van der Waals surface area contributed by atoms with Crippen LogP contribution in [-0.2, 0) is 24.3 Å². The molecule has 0 bridgehead atoms. The van der Waals surface area contributed by atoms with Crippen LogP contribution < -0.4 is 5.73 Å². The maximum atomic E-state index is 12.8. The number of rotatable bonds is 5. The second kappa shape index (κ2) is 7.10. The van der Waals surface area contributed by atoms with Crippen LogP contribution >= 0.6 is 0 Å². The van der Waals surface area contributed by atoms with Gasteiger partial charge in [-0.3, -0.25) is 9.59 Å². The molecule has 8 heteroatoms. The average Bonchev–Trinajstić information content (AvgIpc) is 2.53. The third kappa shape index (κ3) is 4.08. The largest absolute Gasteiger partial charge is 0.454 e. The quantitative estimate of drug-likeness (QED) is 0.789. The number of carbonyl (C=O) groups excluding carboxylic acids is 2. The lowest BCUT2D eigenvalue weighted by Crippen LogP contribution is -2.48. The summed E-state index contributed by atoms with van der Waals surface area (Å²) in [6.45, 7) is 1.56. The van der Waals surface area contributed by atoms with Gasteiger partial charge in [0.15, 0.2) is 6.61 Å². The zero-order valence-electron chi connectivity index (χ0n) is 12.9. The van der Waals surface area contributed by atoms with E-state index in [1.807, 2.05) is 6.92 Å². The van der Waals surface area contributed by atoms with Gasteiger partial charge in [0.1, 0.15) is 6.04 Å². The van der Waals surface area contributed by atoms with E-state index in [0.29, 0.717) is 12.8 Å². The minimum absolute atomic E-state index is 0.137. The number of carbonyl (C=O) groups is 2. The molecule has 1 saturated heterocycles. The van der Waals surface area contributed by atoms with E-state index in [1.165, 1.54) is 12.1 Å². The van der Waals surface area contributed by atoms with Crippen LogP contribution in [0.2, 0.25) is 0 Å². The average molecular weight is 340 g/mol. The van der Waals surface area contributed by atoms with Gasteiger partial charge in [0.25, 0.3) is 5.91 Å². The Bertz CT molecular complexity index is 684. The van der Waals surface area contributed by atoms with Gasteiger partial charge in [-0.05, 0) is 38.3 Å². The molecular formula is C15H20N2O5S. The SMILES string of the molecule is Cc1ccc(S(=O)(=O)N2CCCC[C@H]2C(=O)OCC(N)=O)cc1. The molecule has 0 aromatic heterocycles. The summed E-state index contributed by atoms with van der Waals surface area (Å²) in [6, 6.07) is 5.53. The standard InChI is InChI=1S/C15H20N2O5S/c1-11-5-7-12(8-6-11)23(20,21)17-9-3-2-4-13(17)15(19)22-10-14(16)18/h5-8,13H,2-4,9-10H2,1H3,(H2,16,18)/t13-/m0/s1. The van der Waals surface area contributed by atoms with Crippen molar-refractivity contribution in [2.24, 2.45) is 5.73 Å². The lowest BCUT2D eigenvalue weighted by Gasteiger charge is -2.32. The van der Waals surface area contributed by atoms with Crippen LogP contribution in [-0.4, -0.2) is 43.8 Å². The minimum atomic E-state index is -3.80. The molecule has 1 fully saturated rings. The van der Waals surface area contributed by atoms with Crippen molar-refractivity contribution in [3.8, 4) is 0 Å². The monoisotopic (exact) mass is 340 g/mol. The van der Waals surface area contributed by atoms with Gasteiger partial charge in [-0.25, -0.2) is 8.42 Å². The number of sulfonamides is 1. The second-order valence-electron chi connectivity index (χ2n) is 5.51. The molecule has 7 nitrogen and oxygen atoms in total. The summed E-state index contributed by atoms with van der Waals surface area (Å²) in [5.74, 6) is -1.51. The van der Waals surface area contributed by atoms with Gasteiger partial charge < -0.3 is 10.5 Å². The maximum Gasteiger partial charge on any atom is 0.324 e. The maximum absolute atomic E-state index is 12.8. The third-order valence-electron chi connectivity index (χ3n) is 3.71. The number of piperidine rings is 1. The molecule has 1 aliphatic heterocycles. The van der Waals surface area contributed by atoms with Gasteiger partial charge >= 0.3 is 5.97 Å². The number of hydrogen-bond acceptors (Lipinski definition) is 5. The number of amides is 1. The molecule has 126 valence electrons. The minimum Gasteiger partial charge on any atom is -0.454 e. The van der Waals surface area contributed by atoms with E-state index in [2.05, 4.69) is 0 Å². The zero-order valence-corrected chi connectivity index (χ0v) is 13.7. The summed E-state index contributed by atoms with van der Waals surface area (Å²) in [7, 11) is -3.80. The second-order valence-corrected chi connectivity index (χ2v) is 7.40. The fraction of sp³-hybridized carbons (Fsp3) is 0.467. The topological polar surface area (TPSA) is 107 Å². The van der Waals surface area contributed by atoms with Crippen molar-refractivity contribution in [1.29, 1.82) is 0 Å². The van der Waals surface area contributed by atoms with Gasteiger partial charge in [0, 0.05) is 6.54 Å². The summed E-state index contributed by atoms with van der Waals surface area (Å²) in [5.41, 5.74) is 5.89. The lowest BCUT2D eigenvalue weighted by molar-refractivity contribution is -0.152. The molecule has 1 aromatic rings. The zero-order chi connectivity index (χ0) is 17.0. The predicted octanol–water partition coefficient (Wildman–Crippen LogP) is 0.567. The van der Waals surface area contributed by atoms with E-state index in [9.17, 15) is 18.0 Å². The number of aryl methyl sites for hydroxylation is 1. The van der Waals surface area contributed by atoms with Gasteiger partial charge in [0.05, 0.1) is 4.90 Å².